The van der Waals surface area contributed by atoms with Crippen molar-refractivity contribution in [2.45, 2.75) is 32.1 Å². The molecule has 1 aromatic rings. The van der Waals surface area contributed by atoms with Crippen LogP contribution < -0.4 is 11.1 Å². The summed E-state index contributed by atoms with van der Waals surface area (Å²) in [7, 11) is 0. The van der Waals surface area contributed by atoms with Crippen molar-refractivity contribution in [3.8, 4) is 0 Å². The van der Waals surface area contributed by atoms with Crippen molar-refractivity contribution < 1.29 is 4.79 Å². The molecule has 1 aliphatic carbocycles. The van der Waals surface area contributed by atoms with Crippen LogP contribution in [0.4, 0.5) is 5.69 Å². The van der Waals surface area contributed by atoms with Gasteiger partial charge < -0.3 is 11.1 Å². The van der Waals surface area contributed by atoms with Crippen molar-refractivity contribution in [3.63, 3.8) is 0 Å². The van der Waals surface area contributed by atoms with Gasteiger partial charge in [-0.25, -0.2) is 0 Å². The number of rotatable bonds is 3. The number of benzene rings is 1. The molecule has 1 saturated carbocycles. The molecule has 1 amide bonds. The number of nitrogens with one attached hydrogen (secondary N) is 1. The van der Waals surface area contributed by atoms with Crippen molar-refractivity contribution in [3.05, 3.63) is 29.8 Å². The SMILES string of the molecule is NC(=S)c1cccc(NC(=O)C2CCCCC2)c1. The van der Waals surface area contributed by atoms with Crippen LogP contribution in [0, 0.1) is 5.92 Å². The van der Waals surface area contributed by atoms with Crippen LogP contribution in [-0.2, 0) is 4.79 Å². The zero-order valence-electron chi connectivity index (χ0n) is 10.3. The standard InChI is InChI=1S/C14H18N2OS/c15-13(18)11-7-4-8-12(9-11)16-14(17)10-5-2-1-3-6-10/h4,7-10H,1-3,5-6H2,(H2,15,18)(H,16,17). The molecule has 0 bridgehead atoms. The zero-order valence-corrected chi connectivity index (χ0v) is 11.1. The fraction of sp³-hybridized carbons (Fsp3) is 0.429. The third-order valence-corrected chi connectivity index (χ3v) is 3.63. The van der Waals surface area contributed by atoms with Crippen LogP contribution in [0.5, 0.6) is 0 Å². The molecule has 0 saturated heterocycles. The Labute approximate surface area is 113 Å². The number of hydrogen-bond donors (Lipinski definition) is 2. The molecule has 0 spiro atoms. The molecule has 0 radical (unpaired) electrons. The molecule has 2 rings (SSSR count). The van der Waals surface area contributed by atoms with Gasteiger partial charge in [-0.3, -0.25) is 4.79 Å². The molecular formula is C14H18N2OS. The van der Waals surface area contributed by atoms with E-state index < -0.39 is 0 Å². The van der Waals surface area contributed by atoms with Crippen LogP contribution >= 0.6 is 12.2 Å². The molecule has 0 aliphatic heterocycles. The molecule has 3 nitrogen and oxygen atoms in total. The lowest BCUT2D eigenvalue weighted by atomic mass is 9.88. The Balaban J connectivity index is 2.02. The van der Waals surface area contributed by atoms with Crippen molar-refractivity contribution in [1.29, 1.82) is 0 Å². The normalized spacial score (nSPS) is 16.2. The average molecular weight is 262 g/mol. The maximum atomic E-state index is 12.1. The first-order valence-electron chi connectivity index (χ1n) is 6.37. The summed E-state index contributed by atoms with van der Waals surface area (Å²) in [5.74, 6) is 0.280. The van der Waals surface area contributed by atoms with E-state index in [4.69, 9.17) is 18.0 Å². The summed E-state index contributed by atoms with van der Waals surface area (Å²) >= 11 is 4.93. The minimum atomic E-state index is 0.120. The Morgan fingerprint density at radius 1 is 1.28 bits per heavy atom. The minimum Gasteiger partial charge on any atom is -0.389 e. The van der Waals surface area contributed by atoms with Crippen LogP contribution in [0.25, 0.3) is 0 Å². The second-order valence-electron chi connectivity index (χ2n) is 4.77. The predicted molar refractivity (Wildman–Crippen MR) is 77.5 cm³/mol. The highest BCUT2D eigenvalue weighted by Gasteiger charge is 2.20. The molecule has 0 unspecified atom stereocenters. The van der Waals surface area contributed by atoms with E-state index in [1.54, 1.807) is 0 Å². The lowest BCUT2D eigenvalue weighted by Gasteiger charge is -2.20. The summed E-state index contributed by atoms with van der Waals surface area (Å²) in [4.78, 5) is 12.4. The first kappa shape index (κ1) is 13.0. The molecule has 96 valence electrons. The zero-order chi connectivity index (χ0) is 13.0. The quantitative estimate of drug-likeness (QED) is 0.824. The third-order valence-electron chi connectivity index (χ3n) is 3.39. The van der Waals surface area contributed by atoms with Crippen molar-refractivity contribution in [2.24, 2.45) is 11.7 Å². The van der Waals surface area contributed by atoms with Gasteiger partial charge in [0.05, 0.1) is 0 Å². The lowest BCUT2D eigenvalue weighted by Crippen LogP contribution is -2.24. The maximum absolute atomic E-state index is 12.1. The second-order valence-corrected chi connectivity index (χ2v) is 5.21. The van der Waals surface area contributed by atoms with Gasteiger partial charge in [0.2, 0.25) is 5.91 Å². The van der Waals surface area contributed by atoms with E-state index in [0.29, 0.717) is 4.99 Å². The van der Waals surface area contributed by atoms with E-state index in [2.05, 4.69) is 5.32 Å². The van der Waals surface area contributed by atoms with Gasteiger partial charge in [-0.15, -0.1) is 0 Å². The Morgan fingerprint density at radius 2 is 2.00 bits per heavy atom. The van der Waals surface area contributed by atoms with E-state index in [9.17, 15) is 4.79 Å². The number of nitrogens with two attached hydrogens (primary N) is 1. The largest absolute Gasteiger partial charge is 0.389 e. The molecule has 0 aromatic heterocycles. The lowest BCUT2D eigenvalue weighted by molar-refractivity contribution is -0.120. The molecule has 1 aromatic carbocycles. The number of hydrogen-bond acceptors (Lipinski definition) is 2. The molecule has 18 heavy (non-hydrogen) atoms. The predicted octanol–water partition coefficient (Wildman–Crippen LogP) is 2.84. The minimum absolute atomic E-state index is 0.120. The average Bonchev–Trinajstić information content (AvgIpc) is 2.40. The first-order chi connectivity index (χ1) is 8.66. The Kier molecular flexibility index (Phi) is 4.31. The Morgan fingerprint density at radius 3 is 2.67 bits per heavy atom. The highest BCUT2D eigenvalue weighted by Crippen LogP contribution is 2.25. The van der Waals surface area contributed by atoms with Gasteiger partial charge in [0.25, 0.3) is 0 Å². The van der Waals surface area contributed by atoms with Crippen LogP contribution in [0.1, 0.15) is 37.7 Å². The van der Waals surface area contributed by atoms with Gasteiger partial charge in [-0.2, -0.15) is 0 Å². The van der Waals surface area contributed by atoms with Crippen LogP contribution in [0.3, 0.4) is 0 Å². The van der Waals surface area contributed by atoms with Gasteiger partial charge in [0.15, 0.2) is 0 Å². The van der Waals surface area contributed by atoms with Gasteiger partial charge in [-0.1, -0.05) is 43.6 Å². The van der Waals surface area contributed by atoms with E-state index in [0.717, 1.165) is 36.9 Å². The summed E-state index contributed by atoms with van der Waals surface area (Å²) in [5.41, 5.74) is 7.13. The fourth-order valence-electron chi connectivity index (χ4n) is 2.36. The summed E-state index contributed by atoms with van der Waals surface area (Å²) in [6, 6.07) is 7.38. The van der Waals surface area contributed by atoms with Gasteiger partial charge in [-0.05, 0) is 25.0 Å². The van der Waals surface area contributed by atoms with E-state index in [1.807, 2.05) is 24.3 Å². The molecule has 0 atom stereocenters. The third kappa shape index (κ3) is 3.29. The van der Waals surface area contributed by atoms with Crippen LogP contribution in [0.2, 0.25) is 0 Å². The number of carbonyl (C=O) groups excluding carboxylic acids is 1. The van der Waals surface area contributed by atoms with Gasteiger partial charge >= 0.3 is 0 Å². The molecular weight excluding hydrogens is 244 g/mol. The molecule has 1 fully saturated rings. The second kappa shape index (κ2) is 5.96. The number of thiocarbonyl (C=S) groups is 1. The van der Waals surface area contributed by atoms with Gasteiger partial charge in [0.1, 0.15) is 4.99 Å². The highest BCUT2D eigenvalue weighted by atomic mass is 32.1. The topological polar surface area (TPSA) is 55.1 Å². The van der Waals surface area contributed by atoms with E-state index >= 15 is 0 Å². The summed E-state index contributed by atoms with van der Waals surface area (Å²) in [5, 5.41) is 2.95. The van der Waals surface area contributed by atoms with Crippen molar-refractivity contribution in [2.75, 3.05) is 5.32 Å². The monoisotopic (exact) mass is 262 g/mol. The first-order valence-corrected chi connectivity index (χ1v) is 6.78. The summed E-state index contributed by atoms with van der Waals surface area (Å²) < 4.78 is 0. The smallest absolute Gasteiger partial charge is 0.227 e. The van der Waals surface area contributed by atoms with E-state index in [1.165, 1.54) is 6.42 Å². The Hall–Kier alpha value is -1.42. The molecule has 1 aliphatic rings. The number of anilines is 1. The van der Waals surface area contributed by atoms with Crippen LogP contribution in [0.15, 0.2) is 24.3 Å². The Bertz CT molecular complexity index is 453. The van der Waals surface area contributed by atoms with Crippen molar-refractivity contribution in [1.82, 2.24) is 0 Å². The van der Waals surface area contributed by atoms with Crippen LogP contribution in [-0.4, -0.2) is 10.9 Å². The highest BCUT2D eigenvalue weighted by molar-refractivity contribution is 7.80. The number of carbonyl (C=O) groups is 1. The molecule has 4 heteroatoms. The molecule has 3 N–H and O–H groups in total. The summed E-state index contributed by atoms with van der Waals surface area (Å²) in [6.45, 7) is 0. The van der Waals surface area contributed by atoms with E-state index in [-0.39, 0.29) is 11.8 Å². The molecule has 0 heterocycles. The van der Waals surface area contributed by atoms with Crippen molar-refractivity contribution >= 4 is 28.8 Å². The van der Waals surface area contributed by atoms with Gasteiger partial charge in [0, 0.05) is 17.2 Å². The fourth-order valence-corrected chi connectivity index (χ4v) is 2.49. The summed E-state index contributed by atoms with van der Waals surface area (Å²) in [6.07, 6.45) is 5.57. The maximum Gasteiger partial charge on any atom is 0.227 e. The number of amides is 1.